The first-order valence-corrected chi connectivity index (χ1v) is 32.5. The highest BCUT2D eigenvalue weighted by Crippen LogP contribution is 2.63. The lowest BCUT2D eigenvalue weighted by Gasteiger charge is -2.44. The molecule has 7 saturated carbocycles. The van der Waals surface area contributed by atoms with Gasteiger partial charge in [-0.1, -0.05) is 155 Å². The van der Waals surface area contributed by atoms with Crippen molar-refractivity contribution in [2.75, 3.05) is 26.4 Å². The molecule has 16 unspecified atom stereocenters. The van der Waals surface area contributed by atoms with Gasteiger partial charge in [0.25, 0.3) is 0 Å². The number of carbonyl (C=O) groups is 4. The van der Waals surface area contributed by atoms with Gasteiger partial charge in [0.05, 0.1) is 26.4 Å². The molecule has 0 aliphatic heterocycles. The van der Waals surface area contributed by atoms with E-state index in [-0.39, 0.29) is 23.9 Å². The second-order valence-corrected chi connectivity index (χ2v) is 26.7. The zero-order chi connectivity index (χ0) is 52.9. The van der Waals surface area contributed by atoms with E-state index in [9.17, 15) is 19.2 Å². The molecule has 0 aromatic heterocycles. The van der Waals surface area contributed by atoms with Gasteiger partial charge in [-0.15, -0.1) is 0 Å². The van der Waals surface area contributed by atoms with E-state index in [2.05, 4.69) is 27.0 Å². The lowest BCUT2D eigenvalue weighted by Crippen LogP contribution is -2.35. The summed E-state index contributed by atoms with van der Waals surface area (Å²) in [7, 11) is 0. The Morgan fingerprint density at radius 3 is 1.28 bits per heavy atom. The molecule has 0 amide bonds. The number of carbonyl (C=O) groups excluding carboxylic acids is 4. The average Bonchev–Trinajstić information content (AvgIpc) is 4.30. The van der Waals surface area contributed by atoms with E-state index >= 15 is 0 Å². The van der Waals surface area contributed by atoms with Crippen molar-refractivity contribution in [3.63, 3.8) is 0 Å². The smallest absolute Gasteiger partial charge is 0.333 e. The number of unbranched alkanes of at least 4 members (excludes halogenated alkanes) is 16. The summed E-state index contributed by atoms with van der Waals surface area (Å²) in [5.41, 5.74) is 0.475. The maximum absolute atomic E-state index is 13.0. The molecule has 8 heteroatoms. The quantitative estimate of drug-likeness (QED) is 0.0261. The van der Waals surface area contributed by atoms with Gasteiger partial charge in [0.15, 0.2) is 0 Å². The molecule has 426 valence electrons. The molecule has 0 spiro atoms. The molecular formula is C67H110O8. The maximum Gasteiger partial charge on any atom is 0.333 e. The van der Waals surface area contributed by atoms with Gasteiger partial charge in [-0.2, -0.15) is 0 Å². The van der Waals surface area contributed by atoms with Gasteiger partial charge in [-0.05, 0) is 192 Å². The van der Waals surface area contributed by atoms with E-state index < -0.39 is 0 Å². The van der Waals surface area contributed by atoms with E-state index in [4.69, 9.17) is 18.9 Å². The number of hydrogen-bond acceptors (Lipinski definition) is 8. The number of rotatable bonds is 38. The number of fused-ring (bicyclic) bond motifs is 10. The Bertz CT molecular complexity index is 1760. The van der Waals surface area contributed by atoms with Crippen molar-refractivity contribution in [2.45, 2.75) is 252 Å². The van der Waals surface area contributed by atoms with Gasteiger partial charge in [-0.25, -0.2) is 9.59 Å². The predicted molar refractivity (Wildman–Crippen MR) is 302 cm³/mol. The molecule has 0 aromatic carbocycles. The molecule has 7 rings (SSSR count). The van der Waals surface area contributed by atoms with Crippen LogP contribution in [0.15, 0.2) is 24.8 Å². The van der Waals surface area contributed by atoms with Gasteiger partial charge >= 0.3 is 23.9 Å². The normalized spacial score (nSPS) is 33.1. The van der Waals surface area contributed by atoms with Gasteiger partial charge in [0.1, 0.15) is 0 Å². The first-order valence-electron chi connectivity index (χ1n) is 32.5. The number of hydrogen-bond donors (Lipinski definition) is 0. The van der Waals surface area contributed by atoms with Crippen molar-refractivity contribution in [1.82, 2.24) is 0 Å². The topological polar surface area (TPSA) is 105 Å². The van der Waals surface area contributed by atoms with Crippen molar-refractivity contribution < 1.29 is 38.1 Å². The van der Waals surface area contributed by atoms with Crippen LogP contribution in [0.4, 0.5) is 0 Å². The van der Waals surface area contributed by atoms with E-state index in [1.54, 1.807) is 6.92 Å². The average molecular weight is 1040 g/mol. The van der Waals surface area contributed by atoms with Crippen molar-refractivity contribution in [1.29, 1.82) is 0 Å². The van der Waals surface area contributed by atoms with Crippen LogP contribution in [-0.2, 0) is 38.1 Å². The van der Waals surface area contributed by atoms with Crippen LogP contribution in [0.2, 0.25) is 0 Å². The van der Waals surface area contributed by atoms with Crippen LogP contribution in [0.5, 0.6) is 0 Å². The third kappa shape index (κ3) is 17.9. The summed E-state index contributed by atoms with van der Waals surface area (Å²) < 4.78 is 22.9. The van der Waals surface area contributed by atoms with E-state index in [1.165, 1.54) is 186 Å². The summed E-state index contributed by atoms with van der Waals surface area (Å²) >= 11 is 0. The zero-order valence-corrected chi connectivity index (χ0v) is 48.3. The molecule has 0 aromatic rings. The third-order valence-electron chi connectivity index (χ3n) is 21.6. The van der Waals surface area contributed by atoms with Crippen molar-refractivity contribution in [2.24, 2.45) is 94.7 Å². The van der Waals surface area contributed by atoms with Crippen LogP contribution in [0.3, 0.4) is 0 Å². The molecule has 7 aliphatic rings. The van der Waals surface area contributed by atoms with Crippen molar-refractivity contribution >= 4 is 23.9 Å². The van der Waals surface area contributed by atoms with Gasteiger partial charge in [0, 0.05) is 24.5 Å². The zero-order valence-electron chi connectivity index (χ0n) is 48.3. The standard InChI is InChI=1S/C67H110O8/c1-6-9-11-13-17-23-29-56-50(27-21-12-10-7-2)33-34-51(28-22-16-14-19-25-31-65(69)74-46-55-40-53-42-61(55)63-38-49(36-59(53)63)44-75-67(71)47(4)5)57(56)30-24-18-15-20-26-32-66(70)73-45-54-39-52-41-60(54)62-37-48(35-58(52)62)43-72-64(68)8-3/h8,48-63H,3-4,6-7,9-46H2,1-2,5H3. The highest BCUT2D eigenvalue weighted by atomic mass is 16.5. The molecule has 75 heavy (non-hydrogen) atoms. The van der Waals surface area contributed by atoms with Crippen LogP contribution >= 0.6 is 0 Å². The molecule has 0 saturated heterocycles. The monoisotopic (exact) mass is 1040 g/mol. The molecule has 0 N–H and O–H groups in total. The highest BCUT2D eigenvalue weighted by molar-refractivity contribution is 5.86. The fraction of sp³-hybridized carbons (Fsp3) is 0.881. The molecule has 16 atom stereocenters. The molecule has 0 radical (unpaired) electrons. The Morgan fingerprint density at radius 2 is 0.827 bits per heavy atom. The summed E-state index contributed by atoms with van der Waals surface area (Å²) in [6.45, 7) is 15.9. The van der Waals surface area contributed by atoms with Gasteiger partial charge in [0.2, 0.25) is 0 Å². The second-order valence-electron chi connectivity index (χ2n) is 26.7. The second kappa shape index (κ2) is 31.8. The molecule has 8 nitrogen and oxygen atoms in total. The van der Waals surface area contributed by atoms with E-state index in [0.29, 0.717) is 92.2 Å². The summed E-state index contributed by atoms with van der Waals surface area (Å²) in [6.07, 6.45) is 46.2. The Morgan fingerprint density at radius 1 is 0.427 bits per heavy atom. The Hall–Kier alpha value is -2.64. The van der Waals surface area contributed by atoms with E-state index in [1.807, 2.05) is 0 Å². The van der Waals surface area contributed by atoms with Gasteiger partial charge in [-0.3, -0.25) is 9.59 Å². The first kappa shape index (κ1) is 60.0. The van der Waals surface area contributed by atoms with Crippen LogP contribution in [0, 0.1) is 94.7 Å². The van der Waals surface area contributed by atoms with Crippen LogP contribution in [0.1, 0.15) is 252 Å². The Balaban J connectivity index is 0.782. The maximum atomic E-state index is 13.0. The van der Waals surface area contributed by atoms with Crippen molar-refractivity contribution in [3.8, 4) is 0 Å². The van der Waals surface area contributed by atoms with Crippen molar-refractivity contribution in [3.05, 3.63) is 24.8 Å². The van der Waals surface area contributed by atoms with Crippen LogP contribution in [-0.4, -0.2) is 50.3 Å². The first-order chi connectivity index (χ1) is 36.6. The minimum Gasteiger partial charge on any atom is -0.465 e. The number of ether oxygens (including phenoxy) is 4. The molecular weight excluding hydrogens is 933 g/mol. The SMILES string of the molecule is C=CC(=O)OCC1CC2C3CC(COC(=O)CCCCCCCC4C(CCCCCCCC(=O)OCC5CC6CC5C5CC(COC(=O)C(=C)C)CC65)CCC(CCCCCC)C4CCCCCCCC)C(C3)C2C1. The minimum absolute atomic E-state index is 0.00459. The summed E-state index contributed by atoms with van der Waals surface area (Å²) in [4.78, 5) is 49.5. The minimum atomic E-state index is -0.312. The Kier molecular flexibility index (Phi) is 25.5. The summed E-state index contributed by atoms with van der Waals surface area (Å²) in [5, 5.41) is 0. The highest BCUT2D eigenvalue weighted by Gasteiger charge is 2.57. The molecule has 0 heterocycles. The molecule has 4 bridgehead atoms. The lowest BCUT2D eigenvalue weighted by atomic mass is 9.61. The van der Waals surface area contributed by atoms with E-state index in [0.717, 1.165) is 85.9 Å². The fourth-order valence-corrected chi connectivity index (χ4v) is 18.0. The largest absolute Gasteiger partial charge is 0.465 e. The lowest BCUT2D eigenvalue weighted by molar-refractivity contribution is -0.147. The Labute approximate surface area is 458 Å². The van der Waals surface area contributed by atoms with Crippen LogP contribution < -0.4 is 0 Å². The molecule has 7 aliphatic carbocycles. The van der Waals surface area contributed by atoms with Crippen LogP contribution in [0.25, 0.3) is 0 Å². The third-order valence-corrected chi connectivity index (χ3v) is 21.6. The predicted octanol–water partition coefficient (Wildman–Crippen LogP) is 17.0. The molecule has 7 fully saturated rings. The fourth-order valence-electron chi connectivity index (χ4n) is 18.0. The summed E-state index contributed by atoms with van der Waals surface area (Å²) in [6, 6.07) is 0. The number of esters is 4. The summed E-state index contributed by atoms with van der Waals surface area (Å²) in [5.74, 6) is 10.7. The van der Waals surface area contributed by atoms with Gasteiger partial charge < -0.3 is 18.9 Å².